The van der Waals surface area contributed by atoms with Crippen LogP contribution in [0.25, 0.3) is 0 Å². The van der Waals surface area contributed by atoms with Crippen molar-refractivity contribution in [3.63, 3.8) is 0 Å². The number of amides is 1. The fraction of sp³-hybridized carbons (Fsp3) is 0.875. The Morgan fingerprint density at radius 2 is 2.00 bits per heavy atom. The molecule has 0 unspecified atom stereocenters. The largest absolute Gasteiger partial charge is 0.364 e. The van der Waals surface area contributed by atoms with Crippen LogP contribution in [0.1, 0.15) is 33.1 Å². The van der Waals surface area contributed by atoms with Gasteiger partial charge in [-0.3, -0.25) is 4.79 Å². The first-order chi connectivity index (χ1) is 5.36. The van der Waals surface area contributed by atoms with Gasteiger partial charge in [-0.15, -0.1) is 0 Å². The highest BCUT2D eigenvalue weighted by Gasteiger charge is 2.35. The Balaban J connectivity index is 3.69. The minimum atomic E-state index is -3.32. The molecule has 0 fully saturated rings. The molecule has 0 aromatic rings. The van der Waals surface area contributed by atoms with E-state index in [9.17, 15) is 13.6 Å². The number of hydrogen-bond donors (Lipinski definition) is 1. The van der Waals surface area contributed by atoms with E-state index in [0.29, 0.717) is 18.8 Å². The molecular formula is C8H15F2NO. The molecule has 4 heteroatoms. The normalized spacial score (nSPS) is 12.1. The minimum Gasteiger partial charge on any atom is -0.364 e. The van der Waals surface area contributed by atoms with Gasteiger partial charge in [-0.2, -0.15) is 8.78 Å². The summed E-state index contributed by atoms with van der Waals surface area (Å²) in [5, 5.41) is 0. The standard InChI is InChI=1S/C8H15F2NO/c1-6(2)4-3-5-8(9,10)7(11)12/h6H,3-5H2,1-2H3,(H2,11,12). The molecule has 0 heterocycles. The van der Waals surface area contributed by atoms with Crippen LogP contribution in [0.2, 0.25) is 0 Å². The van der Waals surface area contributed by atoms with Crippen molar-refractivity contribution < 1.29 is 13.6 Å². The van der Waals surface area contributed by atoms with Crippen molar-refractivity contribution in [3.8, 4) is 0 Å². The van der Waals surface area contributed by atoms with Gasteiger partial charge in [-0.05, 0) is 12.3 Å². The van der Waals surface area contributed by atoms with Gasteiger partial charge in [0.15, 0.2) is 0 Å². The Morgan fingerprint density at radius 1 is 1.50 bits per heavy atom. The van der Waals surface area contributed by atoms with Crippen molar-refractivity contribution in [3.05, 3.63) is 0 Å². The summed E-state index contributed by atoms with van der Waals surface area (Å²) in [4.78, 5) is 10.2. The molecule has 0 aromatic carbocycles. The highest BCUT2D eigenvalue weighted by molar-refractivity contribution is 5.81. The molecular weight excluding hydrogens is 164 g/mol. The van der Waals surface area contributed by atoms with Crippen molar-refractivity contribution in [2.45, 2.75) is 39.0 Å². The lowest BCUT2D eigenvalue weighted by molar-refractivity contribution is -0.142. The lowest BCUT2D eigenvalue weighted by Gasteiger charge is -2.12. The molecule has 12 heavy (non-hydrogen) atoms. The van der Waals surface area contributed by atoms with Gasteiger partial charge in [0.1, 0.15) is 0 Å². The van der Waals surface area contributed by atoms with Gasteiger partial charge in [0.2, 0.25) is 0 Å². The third kappa shape index (κ3) is 4.26. The lowest BCUT2D eigenvalue weighted by atomic mass is 10.0. The number of carbonyl (C=O) groups excluding carboxylic acids is 1. The predicted molar refractivity (Wildman–Crippen MR) is 42.8 cm³/mol. The van der Waals surface area contributed by atoms with Crippen molar-refractivity contribution in [2.75, 3.05) is 0 Å². The number of carbonyl (C=O) groups is 1. The average Bonchev–Trinajstić information content (AvgIpc) is 1.85. The number of alkyl halides is 2. The molecule has 0 rings (SSSR count). The summed E-state index contributed by atoms with van der Waals surface area (Å²) in [5.41, 5.74) is 4.50. The second-order valence-electron chi connectivity index (χ2n) is 3.35. The summed E-state index contributed by atoms with van der Waals surface area (Å²) < 4.78 is 25.0. The molecule has 0 saturated carbocycles. The summed E-state index contributed by atoms with van der Waals surface area (Å²) in [6.45, 7) is 3.89. The molecule has 0 aliphatic rings. The van der Waals surface area contributed by atoms with Crippen molar-refractivity contribution in [1.29, 1.82) is 0 Å². The van der Waals surface area contributed by atoms with E-state index in [1.165, 1.54) is 0 Å². The first kappa shape index (κ1) is 11.3. The second kappa shape index (κ2) is 4.38. The van der Waals surface area contributed by atoms with Crippen LogP contribution in [0.15, 0.2) is 0 Å². The van der Waals surface area contributed by atoms with Gasteiger partial charge in [-0.25, -0.2) is 0 Å². The fourth-order valence-corrected chi connectivity index (χ4v) is 0.856. The Labute approximate surface area is 71.1 Å². The second-order valence-corrected chi connectivity index (χ2v) is 3.35. The van der Waals surface area contributed by atoms with Crippen LogP contribution in [-0.2, 0) is 4.79 Å². The van der Waals surface area contributed by atoms with E-state index in [4.69, 9.17) is 0 Å². The van der Waals surface area contributed by atoms with E-state index >= 15 is 0 Å². The molecule has 2 N–H and O–H groups in total. The van der Waals surface area contributed by atoms with Crippen LogP contribution >= 0.6 is 0 Å². The topological polar surface area (TPSA) is 43.1 Å². The summed E-state index contributed by atoms with van der Waals surface area (Å²) in [6.07, 6.45) is 0.608. The fourth-order valence-electron chi connectivity index (χ4n) is 0.856. The van der Waals surface area contributed by atoms with E-state index in [2.05, 4.69) is 5.73 Å². The average molecular weight is 179 g/mol. The molecule has 0 bridgehead atoms. The third-order valence-corrected chi connectivity index (χ3v) is 1.63. The summed E-state index contributed by atoms with van der Waals surface area (Å²) >= 11 is 0. The highest BCUT2D eigenvalue weighted by Crippen LogP contribution is 2.21. The molecule has 0 aliphatic heterocycles. The van der Waals surface area contributed by atoms with Crippen LogP contribution < -0.4 is 5.73 Å². The highest BCUT2D eigenvalue weighted by atomic mass is 19.3. The maximum Gasteiger partial charge on any atom is 0.324 e. The molecule has 0 atom stereocenters. The van der Waals surface area contributed by atoms with Crippen LogP contribution in [-0.4, -0.2) is 11.8 Å². The first-order valence-electron chi connectivity index (χ1n) is 4.04. The van der Waals surface area contributed by atoms with Gasteiger partial charge in [-0.1, -0.05) is 20.3 Å². The predicted octanol–water partition coefficient (Wildman–Crippen LogP) is 1.93. The molecule has 1 amide bonds. The molecule has 0 spiro atoms. The third-order valence-electron chi connectivity index (χ3n) is 1.63. The van der Waals surface area contributed by atoms with Crippen LogP contribution in [0.3, 0.4) is 0 Å². The number of primary amides is 1. The molecule has 0 radical (unpaired) electrons. The van der Waals surface area contributed by atoms with Gasteiger partial charge >= 0.3 is 5.92 Å². The van der Waals surface area contributed by atoms with E-state index < -0.39 is 18.3 Å². The lowest BCUT2D eigenvalue weighted by Crippen LogP contribution is -2.35. The molecule has 0 saturated heterocycles. The van der Waals surface area contributed by atoms with Gasteiger partial charge in [0.25, 0.3) is 5.91 Å². The number of rotatable bonds is 5. The maximum absolute atomic E-state index is 12.5. The molecule has 0 aliphatic carbocycles. The summed E-state index contributed by atoms with van der Waals surface area (Å²) in [6, 6.07) is 0. The van der Waals surface area contributed by atoms with Crippen molar-refractivity contribution >= 4 is 5.91 Å². The van der Waals surface area contributed by atoms with E-state index in [1.807, 2.05) is 13.8 Å². The monoisotopic (exact) mass is 179 g/mol. The maximum atomic E-state index is 12.5. The van der Waals surface area contributed by atoms with Crippen LogP contribution in [0.5, 0.6) is 0 Å². The SMILES string of the molecule is CC(C)CCCC(F)(F)C(N)=O. The zero-order valence-corrected chi connectivity index (χ0v) is 7.44. The van der Waals surface area contributed by atoms with Gasteiger partial charge < -0.3 is 5.73 Å². The zero-order chi connectivity index (χ0) is 9.78. The van der Waals surface area contributed by atoms with Crippen LogP contribution in [0, 0.1) is 5.92 Å². The Morgan fingerprint density at radius 3 is 2.33 bits per heavy atom. The van der Waals surface area contributed by atoms with Crippen molar-refractivity contribution in [1.82, 2.24) is 0 Å². The Hall–Kier alpha value is -0.670. The molecule has 72 valence electrons. The smallest absolute Gasteiger partial charge is 0.324 e. The number of nitrogens with two attached hydrogens (primary N) is 1. The Bertz CT molecular complexity index is 157. The van der Waals surface area contributed by atoms with Crippen molar-refractivity contribution in [2.24, 2.45) is 11.7 Å². The summed E-state index contributed by atoms with van der Waals surface area (Å²) in [5.74, 6) is -4.46. The van der Waals surface area contributed by atoms with Crippen LogP contribution in [0.4, 0.5) is 8.78 Å². The minimum absolute atomic E-state index is 0.341. The molecule has 0 aromatic heterocycles. The van der Waals surface area contributed by atoms with E-state index in [-0.39, 0.29) is 0 Å². The summed E-state index contributed by atoms with van der Waals surface area (Å²) in [7, 11) is 0. The Kier molecular flexibility index (Phi) is 4.13. The van der Waals surface area contributed by atoms with Gasteiger partial charge in [0.05, 0.1) is 0 Å². The number of halogens is 2. The number of hydrogen-bond acceptors (Lipinski definition) is 1. The van der Waals surface area contributed by atoms with Gasteiger partial charge in [0, 0.05) is 6.42 Å². The van der Waals surface area contributed by atoms with E-state index in [1.54, 1.807) is 0 Å². The first-order valence-corrected chi connectivity index (χ1v) is 4.04. The quantitative estimate of drug-likeness (QED) is 0.688. The molecule has 2 nitrogen and oxygen atoms in total. The zero-order valence-electron chi connectivity index (χ0n) is 7.44. The van der Waals surface area contributed by atoms with E-state index in [0.717, 1.165) is 0 Å².